The van der Waals surface area contributed by atoms with Gasteiger partial charge in [0.05, 0.1) is 49.3 Å². The fourth-order valence-corrected chi connectivity index (χ4v) is 4.24. The SMILES string of the molecule is COc1ccc(OC)c(-c2csc(NC(=O)c3cc([N+](=O)[O-])ccc3N3CCOCC3)n2)c1. The van der Waals surface area contributed by atoms with Crippen molar-refractivity contribution in [1.29, 1.82) is 0 Å². The van der Waals surface area contributed by atoms with Crippen molar-refractivity contribution in [2.75, 3.05) is 50.7 Å². The molecule has 0 aliphatic carbocycles. The molecule has 1 aliphatic rings. The summed E-state index contributed by atoms with van der Waals surface area (Å²) < 4.78 is 16.1. The van der Waals surface area contributed by atoms with E-state index in [1.807, 2.05) is 4.90 Å². The van der Waals surface area contributed by atoms with E-state index in [-0.39, 0.29) is 11.3 Å². The average Bonchev–Trinajstić information content (AvgIpc) is 3.31. The molecule has 33 heavy (non-hydrogen) atoms. The Morgan fingerprint density at radius 2 is 1.97 bits per heavy atom. The van der Waals surface area contributed by atoms with Gasteiger partial charge in [-0.2, -0.15) is 0 Å². The minimum Gasteiger partial charge on any atom is -0.497 e. The van der Waals surface area contributed by atoms with Crippen LogP contribution < -0.4 is 19.7 Å². The standard InChI is InChI=1S/C22H22N4O6S/c1-30-15-4-6-20(31-2)16(12-15)18-13-33-22(23-18)24-21(27)17-11-14(26(28)29)3-5-19(17)25-7-9-32-10-8-25/h3-6,11-13H,7-10H2,1-2H3,(H,23,24,27). The zero-order valence-electron chi connectivity index (χ0n) is 18.1. The number of nitrogens with zero attached hydrogens (tertiary/aromatic N) is 3. The monoisotopic (exact) mass is 470 g/mol. The highest BCUT2D eigenvalue weighted by Gasteiger charge is 2.23. The van der Waals surface area contributed by atoms with Crippen molar-refractivity contribution >= 4 is 33.8 Å². The Labute approximate surface area is 193 Å². The molecule has 1 saturated heterocycles. The highest BCUT2D eigenvalue weighted by atomic mass is 32.1. The maximum absolute atomic E-state index is 13.2. The van der Waals surface area contributed by atoms with Crippen LogP contribution in [0.1, 0.15) is 10.4 Å². The lowest BCUT2D eigenvalue weighted by Gasteiger charge is -2.30. The van der Waals surface area contributed by atoms with E-state index in [0.29, 0.717) is 54.3 Å². The van der Waals surface area contributed by atoms with Crippen LogP contribution in [0.5, 0.6) is 11.5 Å². The second-order valence-corrected chi connectivity index (χ2v) is 7.97. The summed E-state index contributed by atoms with van der Waals surface area (Å²) in [6, 6.07) is 9.66. The molecule has 1 amide bonds. The van der Waals surface area contributed by atoms with Crippen LogP contribution >= 0.6 is 11.3 Å². The first-order valence-electron chi connectivity index (χ1n) is 10.1. The van der Waals surface area contributed by atoms with Gasteiger partial charge in [-0.15, -0.1) is 11.3 Å². The molecule has 0 bridgehead atoms. The van der Waals surface area contributed by atoms with Crippen molar-refractivity contribution in [2.45, 2.75) is 0 Å². The van der Waals surface area contributed by atoms with Crippen molar-refractivity contribution in [3.63, 3.8) is 0 Å². The molecule has 4 rings (SSSR count). The third-order valence-corrected chi connectivity index (χ3v) is 5.95. The molecule has 10 nitrogen and oxygen atoms in total. The summed E-state index contributed by atoms with van der Waals surface area (Å²) in [6.07, 6.45) is 0. The molecule has 0 radical (unpaired) electrons. The van der Waals surface area contributed by atoms with E-state index in [2.05, 4.69) is 10.3 Å². The number of hydrogen-bond acceptors (Lipinski definition) is 9. The Morgan fingerprint density at radius 3 is 2.67 bits per heavy atom. The highest BCUT2D eigenvalue weighted by molar-refractivity contribution is 7.14. The summed E-state index contributed by atoms with van der Waals surface area (Å²) in [5.74, 6) is 0.794. The van der Waals surface area contributed by atoms with Crippen LogP contribution in [0, 0.1) is 10.1 Å². The van der Waals surface area contributed by atoms with Crippen LogP contribution in [-0.2, 0) is 4.74 Å². The second-order valence-electron chi connectivity index (χ2n) is 7.12. The lowest BCUT2D eigenvalue weighted by atomic mass is 10.1. The normalized spacial score (nSPS) is 13.5. The lowest BCUT2D eigenvalue weighted by Crippen LogP contribution is -2.37. The molecular weight excluding hydrogens is 448 g/mol. The van der Waals surface area contributed by atoms with Gasteiger partial charge in [0.15, 0.2) is 5.13 Å². The quantitative estimate of drug-likeness (QED) is 0.409. The van der Waals surface area contributed by atoms with E-state index in [1.54, 1.807) is 43.9 Å². The molecule has 3 aromatic rings. The van der Waals surface area contributed by atoms with E-state index in [4.69, 9.17) is 14.2 Å². The topological polar surface area (TPSA) is 116 Å². The fourth-order valence-electron chi connectivity index (χ4n) is 3.53. The number of aromatic nitrogens is 1. The number of hydrogen-bond donors (Lipinski definition) is 1. The molecule has 0 atom stereocenters. The maximum atomic E-state index is 13.2. The van der Waals surface area contributed by atoms with Crippen LogP contribution in [-0.4, -0.2) is 56.3 Å². The van der Waals surface area contributed by atoms with Gasteiger partial charge in [-0.05, 0) is 24.3 Å². The first-order chi connectivity index (χ1) is 16.0. The van der Waals surface area contributed by atoms with Crippen molar-refractivity contribution in [3.8, 4) is 22.8 Å². The lowest BCUT2D eigenvalue weighted by molar-refractivity contribution is -0.384. The molecule has 1 aromatic heterocycles. The van der Waals surface area contributed by atoms with E-state index in [9.17, 15) is 14.9 Å². The third kappa shape index (κ3) is 4.89. The van der Waals surface area contributed by atoms with Gasteiger partial charge in [0.25, 0.3) is 11.6 Å². The predicted molar refractivity (Wildman–Crippen MR) is 125 cm³/mol. The number of nitro groups is 1. The Hall–Kier alpha value is -3.70. The first-order valence-corrected chi connectivity index (χ1v) is 11.0. The smallest absolute Gasteiger partial charge is 0.270 e. The highest BCUT2D eigenvalue weighted by Crippen LogP contribution is 2.35. The molecule has 2 aromatic carbocycles. The maximum Gasteiger partial charge on any atom is 0.270 e. The number of ether oxygens (including phenoxy) is 3. The van der Waals surface area contributed by atoms with Crippen LogP contribution in [0.3, 0.4) is 0 Å². The molecule has 2 heterocycles. The predicted octanol–water partition coefficient (Wildman–Crippen LogP) is 3.82. The number of anilines is 2. The Morgan fingerprint density at radius 1 is 1.18 bits per heavy atom. The fraction of sp³-hybridized carbons (Fsp3) is 0.273. The van der Waals surface area contributed by atoms with E-state index in [0.717, 1.165) is 5.56 Å². The molecule has 11 heteroatoms. The largest absolute Gasteiger partial charge is 0.497 e. The van der Waals surface area contributed by atoms with Crippen LogP contribution in [0.4, 0.5) is 16.5 Å². The minimum atomic E-state index is -0.517. The number of benzene rings is 2. The number of nitro benzene ring substituents is 1. The Balaban J connectivity index is 1.62. The van der Waals surface area contributed by atoms with Crippen molar-refractivity contribution in [3.05, 3.63) is 57.5 Å². The second kappa shape index (κ2) is 9.84. The van der Waals surface area contributed by atoms with E-state index >= 15 is 0 Å². The van der Waals surface area contributed by atoms with E-state index < -0.39 is 10.8 Å². The van der Waals surface area contributed by atoms with Gasteiger partial charge in [-0.3, -0.25) is 20.2 Å². The minimum absolute atomic E-state index is 0.155. The van der Waals surface area contributed by atoms with Crippen molar-refractivity contribution in [1.82, 2.24) is 4.98 Å². The Kier molecular flexibility index (Phi) is 6.71. The molecule has 172 valence electrons. The average molecular weight is 471 g/mol. The summed E-state index contributed by atoms with van der Waals surface area (Å²) >= 11 is 1.25. The van der Waals surface area contributed by atoms with Crippen molar-refractivity contribution in [2.24, 2.45) is 0 Å². The summed E-state index contributed by atoms with van der Waals surface area (Å²) in [6.45, 7) is 2.23. The molecule has 1 fully saturated rings. The van der Waals surface area contributed by atoms with Gasteiger partial charge in [0.1, 0.15) is 11.5 Å². The molecule has 1 aliphatic heterocycles. The van der Waals surface area contributed by atoms with Gasteiger partial charge in [-0.1, -0.05) is 0 Å². The van der Waals surface area contributed by atoms with Crippen LogP contribution in [0.15, 0.2) is 41.8 Å². The van der Waals surface area contributed by atoms with Crippen LogP contribution in [0.2, 0.25) is 0 Å². The zero-order valence-corrected chi connectivity index (χ0v) is 18.9. The number of amides is 1. The van der Waals surface area contributed by atoms with Gasteiger partial charge in [0.2, 0.25) is 0 Å². The molecule has 0 spiro atoms. The number of carbonyl (C=O) groups is 1. The van der Waals surface area contributed by atoms with Gasteiger partial charge in [-0.25, -0.2) is 4.98 Å². The summed E-state index contributed by atoms with van der Waals surface area (Å²) in [5.41, 5.74) is 2.00. The summed E-state index contributed by atoms with van der Waals surface area (Å²) in [7, 11) is 3.14. The number of methoxy groups -OCH3 is 2. The number of morpholine rings is 1. The van der Waals surface area contributed by atoms with Crippen LogP contribution in [0.25, 0.3) is 11.3 Å². The number of nitrogens with one attached hydrogen (secondary N) is 1. The van der Waals surface area contributed by atoms with Gasteiger partial charge < -0.3 is 19.1 Å². The number of carbonyl (C=O) groups excluding carboxylic acids is 1. The van der Waals surface area contributed by atoms with Gasteiger partial charge >= 0.3 is 0 Å². The molecule has 1 N–H and O–H groups in total. The summed E-state index contributed by atoms with van der Waals surface area (Å²) in [5, 5.41) is 16.2. The molecule has 0 unspecified atom stereocenters. The number of thiazole rings is 1. The third-order valence-electron chi connectivity index (χ3n) is 5.19. The van der Waals surface area contributed by atoms with E-state index in [1.165, 1.54) is 23.5 Å². The Bertz CT molecular complexity index is 1180. The van der Waals surface area contributed by atoms with Gasteiger partial charge in [0, 0.05) is 36.2 Å². The molecular formula is C22H22N4O6S. The van der Waals surface area contributed by atoms with Crippen molar-refractivity contribution < 1.29 is 23.9 Å². The summed E-state index contributed by atoms with van der Waals surface area (Å²) in [4.78, 5) is 30.4. The number of non-ortho nitro benzene ring substituents is 1. The molecule has 0 saturated carbocycles. The first kappa shape index (κ1) is 22.5. The zero-order chi connectivity index (χ0) is 23.4. The number of rotatable bonds is 7.